The molecular formula is C12H14F2N4S. The summed E-state index contributed by atoms with van der Waals surface area (Å²) in [6, 6.07) is 1.60. The second-order valence-electron chi connectivity index (χ2n) is 4.43. The molecule has 0 spiro atoms. The van der Waals surface area contributed by atoms with Gasteiger partial charge in [0.25, 0.3) is 5.92 Å². The van der Waals surface area contributed by atoms with Gasteiger partial charge < -0.3 is 0 Å². The molecule has 7 heteroatoms. The number of halogens is 2. The Bertz CT molecular complexity index is 462. The van der Waals surface area contributed by atoms with Gasteiger partial charge in [-0.05, 0) is 6.26 Å². The average Bonchev–Trinajstić information content (AvgIpc) is 2.42. The molecule has 1 aliphatic heterocycles. The van der Waals surface area contributed by atoms with Crippen molar-refractivity contribution < 1.29 is 8.78 Å². The van der Waals surface area contributed by atoms with E-state index in [9.17, 15) is 14.0 Å². The van der Waals surface area contributed by atoms with Crippen LogP contribution in [0.4, 0.5) is 8.78 Å². The van der Waals surface area contributed by atoms with E-state index in [4.69, 9.17) is 0 Å². The predicted molar refractivity (Wildman–Crippen MR) is 67.9 cm³/mol. The van der Waals surface area contributed by atoms with Gasteiger partial charge in [0.2, 0.25) is 0 Å². The number of aromatic nitrogens is 2. The van der Waals surface area contributed by atoms with E-state index < -0.39 is 12.0 Å². The maximum absolute atomic E-state index is 13.1. The zero-order chi connectivity index (χ0) is 13.9. The summed E-state index contributed by atoms with van der Waals surface area (Å²) in [5, 5.41) is 9.88. The first-order valence-corrected chi connectivity index (χ1v) is 7.15. The Hall–Kier alpha value is -1.26. The second-order valence-corrected chi connectivity index (χ2v) is 5.20. The van der Waals surface area contributed by atoms with Gasteiger partial charge in [-0.2, -0.15) is 5.26 Å². The lowest BCUT2D eigenvalue weighted by molar-refractivity contribution is -0.0595. The number of alkyl halides is 2. The topological polar surface area (TPSA) is 52.8 Å². The summed E-state index contributed by atoms with van der Waals surface area (Å²) in [6.45, 7) is 0.436. The number of thioether (sulfide) groups is 1. The molecule has 0 bridgehead atoms. The Morgan fingerprint density at radius 2 is 1.95 bits per heavy atom. The number of hydrogen-bond acceptors (Lipinski definition) is 5. The van der Waals surface area contributed by atoms with Crippen LogP contribution in [0.15, 0.2) is 17.6 Å². The van der Waals surface area contributed by atoms with Crippen molar-refractivity contribution in [3.8, 4) is 6.07 Å². The molecule has 1 unspecified atom stereocenters. The summed E-state index contributed by atoms with van der Waals surface area (Å²) in [4.78, 5) is 9.99. The third-order valence-corrected chi connectivity index (χ3v) is 3.74. The SMILES string of the molecule is CSc1ncc(C(C#N)N2CCC(F)(F)CC2)cn1. The second kappa shape index (κ2) is 5.80. The van der Waals surface area contributed by atoms with Gasteiger partial charge in [-0.1, -0.05) is 11.8 Å². The monoisotopic (exact) mass is 284 g/mol. The van der Waals surface area contributed by atoms with Crippen molar-refractivity contribution in [1.82, 2.24) is 14.9 Å². The fraction of sp³-hybridized carbons (Fsp3) is 0.583. The molecule has 0 aromatic carbocycles. The van der Waals surface area contributed by atoms with E-state index in [1.807, 2.05) is 6.26 Å². The molecule has 1 aromatic heterocycles. The van der Waals surface area contributed by atoms with E-state index in [0.29, 0.717) is 10.7 Å². The first kappa shape index (κ1) is 14.2. The van der Waals surface area contributed by atoms with Gasteiger partial charge in [-0.15, -0.1) is 0 Å². The van der Waals surface area contributed by atoms with E-state index in [0.717, 1.165) is 0 Å². The van der Waals surface area contributed by atoms with E-state index in [-0.39, 0.29) is 25.9 Å². The van der Waals surface area contributed by atoms with Crippen molar-refractivity contribution in [2.75, 3.05) is 19.3 Å². The molecule has 19 heavy (non-hydrogen) atoms. The lowest BCUT2D eigenvalue weighted by Gasteiger charge is -2.34. The molecule has 1 aliphatic rings. The van der Waals surface area contributed by atoms with E-state index in [2.05, 4.69) is 16.0 Å². The van der Waals surface area contributed by atoms with Gasteiger partial charge >= 0.3 is 0 Å². The molecule has 1 saturated heterocycles. The minimum absolute atomic E-state index is 0.199. The van der Waals surface area contributed by atoms with Crippen LogP contribution in [0, 0.1) is 11.3 Å². The van der Waals surface area contributed by atoms with Crippen molar-refractivity contribution in [1.29, 1.82) is 5.26 Å². The number of piperidine rings is 1. The highest BCUT2D eigenvalue weighted by Gasteiger charge is 2.36. The van der Waals surface area contributed by atoms with Gasteiger partial charge in [-0.25, -0.2) is 18.7 Å². The zero-order valence-electron chi connectivity index (χ0n) is 10.5. The molecule has 1 aromatic rings. The summed E-state index contributed by atoms with van der Waals surface area (Å²) < 4.78 is 26.2. The van der Waals surface area contributed by atoms with Crippen molar-refractivity contribution in [3.05, 3.63) is 18.0 Å². The molecular weight excluding hydrogens is 270 g/mol. The maximum Gasteiger partial charge on any atom is 0.250 e. The molecule has 2 rings (SSSR count). The average molecular weight is 284 g/mol. The van der Waals surface area contributed by atoms with Crippen LogP contribution in [0.3, 0.4) is 0 Å². The van der Waals surface area contributed by atoms with Gasteiger partial charge in [0.05, 0.1) is 6.07 Å². The van der Waals surface area contributed by atoms with E-state index in [1.165, 1.54) is 11.8 Å². The number of likely N-dealkylation sites (tertiary alicyclic amines) is 1. The maximum atomic E-state index is 13.1. The molecule has 0 aliphatic carbocycles. The molecule has 0 N–H and O–H groups in total. The van der Waals surface area contributed by atoms with Gasteiger partial charge in [-0.3, -0.25) is 4.90 Å². The van der Waals surface area contributed by atoms with Crippen LogP contribution in [0.25, 0.3) is 0 Å². The third kappa shape index (κ3) is 3.39. The van der Waals surface area contributed by atoms with E-state index in [1.54, 1.807) is 17.3 Å². The van der Waals surface area contributed by atoms with Crippen molar-refractivity contribution in [2.45, 2.75) is 30.0 Å². The number of hydrogen-bond donors (Lipinski definition) is 0. The van der Waals surface area contributed by atoms with Crippen LogP contribution < -0.4 is 0 Å². The molecule has 1 fully saturated rings. The first-order chi connectivity index (χ1) is 9.05. The summed E-state index contributed by atoms with van der Waals surface area (Å²) >= 11 is 1.41. The van der Waals surface area contributed by atoms with E-state index >= 15 is 0 Å². The summed E-state index contributed by atoms with van der Waals surface area (Å²) in [7, 11) is 0. The largest absolute Gasteiger partial charge is 0.284 e. The van der Waals surface area contributed by atoms with Crippen LogP contribution in [-0.2, 0) is 0 Å². The zero-order valence-corrected chi connectivity index (χ0v) is 11.3. The fourth-order valence-electron chi connectivity index (χ4n) is 2.05. The highest BCUT2D eigenvalue weighted by Crippen LogP contribution is 2.31. The Kier molecular flexibility index (Phi) is 4.32. The standard InChI is InChI=1S/C12H14F2N4S/c1-19-11-16-7-9(8-17-11)10(6-15)18-4-2-12(13,14)3-5-18/h7-8,10H,2-5H2,1H3. The van der Waals surface area contributed by atoms with Crippen LogP contribution in [0.2, 0.25) is 0 Å². The molecule has 0 amide bonds. The summed E-state index contributed by atoms with van der Waals surface area (Å²) in [6.07, 6.45) is 4.66. The highest BCUT2D eigenvalue weighted by molar-refractivity contribution is 7.98. The van der Waals surface area contributed by atoms with Crippen LogP contribution in [0.5, 0.6) is 0 Å². The molecule has 2 heterocycles. The van der Waals surface area contributed by atoms with Crippen molar-refractivity contribution >= 4 is 11.8 Å². The quantitative estimate of drug-likeness (QED) is 0.630. The smallest absolute Gasteiger partial charge is 0.250 e. The lowest BCUT2D eigenvalue weighted by Crippen LogP contribution is -2.41. The van der Waals surface area contributed by atoms with Gasteiger partial charge in [0, 0.05) is 43.9 Å². The number of nitriles is 1. The fourth-order valence-corrected chi connectivity index (χ4v) is 2.37. The van der Waals surface area contributed by atoms with Gasteiger partial charge in [0.15, 0.2) is 5.16 Å². The Morgan fingerprint density at radius 1 is 1.37 bits per heavy atom. The minimum atomic E-state index is -2.60. The minimum Gasteiger partial charge on any atom is -0.284 e. The lowest BCUT2D eigenvalue weighted by atomic mass is 10.0. The van der Waals surface area contributed by atoms with Crippen molar-refractivity contribution in [2.24, 2.45) is 0 Å². The summed E-state index contributed by atoms with van der Waals surface area (Å²) in [5.74, 6) is -2.60. The normalized spacial score (nSPS) is 20.7. The number of rotatable bonds is 3. The summed E-state index contributed by atoms with van der Waals surface area (Å²) in [5.41, 5.74) is 0.658. The number of nitrogens with zero attached hydrogens (tertiary/aromatic N) is 4. The van der Waals surface area contributed by atoms with Gasteiger partial charge in [0.1, 0.15) is 6.04 Å². The predicted octanol–water partition coefficient (Wildman–Crippen LogP) is 2.49. The van der Waals surface area contributed by atoms with Crippen LogP contribution in [-0.4, -0.2) is 40.1 Å². The molecule has 1 atom stereocenters. The Labute approximate surface area is 114 Å². The Morgan fingerprint density at radius 3 is 2.42 bits per heavy atom. The molecule has 0 radical (unpaired) electrons. The highest BCUT2D eigenvalue weighted by atomic mass is 32.2. The Balaban J connectivity index is 2.10. The first-order valence-electron chi connectivity index (χ1n) is 5.93. The third-order valence-electron chi connectivity index (χ3n) is 3.16. The van der Waals surface area contributed by atoms with Crippen molar-refractivity contribution in [3.63, 3.8) is 0 Å². The molecule has 102 valence electrons. The molecule has 4 nitrogen and oxygen atoms in total. The molecule has 0 saturated carbocycles. The van der Waals surface area contributed by atoms with Crippen LogP contribution in [0.1, 0.15) is 24.4 Å². The van der Waals surface area contributed by atoms with Crippen LogP contribution >= 0.6 is 11.8 Å².